The van der Waals surface area contributed by atoms with Crippen LogP contribution in [0.5, 0.6) is 0 Å². The Hall–Kier alpha value is -3.56. The van der Waals surface area contributed by atoms with Gasteiger partial charge in [0.15, 0.2) is 44.0 Å². The van der Waals surface area contributed by atoms with Gasteiger partial charge in [0.25, 0.3) is 0 Å². The molecule has 0 radical (unpaired) electrons. The van der Waals surface area contributed by atoms with E-state index < -0.39 is 322 Å². The number of hydrogen-bond donors (Lipinski definition) is 25. The van der Waals surface area contributed by atoms with Gasteiger partial charge in [0.1, 0.15) is 189 Å². The van der Waals surface area contributed by atoms with Crippen LogP contribution in [-0.2, 0) is 90.2 Å². The minimum atomic E-state index is -2.50. The molecule has 101 heavy (non-hydrogen) atoms. The molecular weight excluding hydrogens is 1380 g/mol. The topological polar surface area (TPSA) is 680 Å². The molecule has 44 heteroatoms. The summed E-state index contributed by atoms with van der Waals surface area (Å²) < 4.78 is 89.4. The largest absolute Gasteiger partial charge is 0.394 e. The number of ether oxygens (including phenoxy) is 15. The Morgan fingerprint density at radius 3 is 0.980 bits per heavy atom. The average molecular weight is 1480 g/mol. The highest BCUT2D eigenvalue weighted by molar-refractivity contribution is 5.74. The van der Waals surface area contributed by atoms with Crippen molar-refractivity contribution in [3.05, 3.63) is 0 Å². The molecule has 8 heterocycles. The lowest BCUT2D eigenvalue weighted by molar-refractivity contribution is -0.398. The third kappa shape index (κ3) is 18.5. The van der Waals surface area contributed by atoms with Crippen molar-refractivity contribution in [1.82, 2.24) is 21.3 Å². The molecule has 8 rings (SSSR count). The predicted octanol–water partition coefficient (Wildman–Crippen LogP) is -16.8. The first-order valence-electron chi connectivity index (χ1n) is 32.4. The Morgan fingerprint density at radius 1 is 0.267 bits per heavy atom. The van der Waals surface area contributed by atoms with Crippen LogP contribution in [0.1, 0.15) is 34.6 Å². The summed E-state index contributed by atoms with van der Waals surface area (Å²) in [5.41, 5.74) is 0. The highest BCUT2D eigenvalue weighted by Crippen LogP contribution is 2.39. The summed E-state index contributed by atoms with van der Waals surface area (Å²) in [6.07, 6.45) is -71.3. The monoisotopic (exact) mass is 1480 g/mol. The van der Waals surface area contributed by atoms with Crippen molar-refractivity contribution < 1.29 is 197 Å². The van der Waals surface area contributed by atoms with Gasteiger partial charge in [-0.05, 0) is 6.92 Å². The molecule has 0 spiro atoms. The third-order valence-electron chi connectivity index (χ3n) is 18.5. The van der Waals surface area contributed by atoms with E-state index in [0.717, 1.165) is 27.7 Å². The molecule has 0 saturated carbocycles. The fraction of sp³-hybridized carbons (Fsp3) is 0.930. The molecule has 25 N–H and O–H groups in total. The number of rotatable bonds is 26. The van der Waals surface area contributed by atoms with E-state index in [1.54, 1.807) is 0 Å². The second kappa shape index (κ2) is 36.4. The minimum Gasteiger partial charge on any atom is -0.394 e. The van der Waals surface area contributed by atoms with Crippen LogP contribution in [0.4, 0.5) is 0 Å². The standard InChI is InChI=1S/C57H96N4O40/c1-14-27(58-15(2)69)37(79)45(23(10-66)88-14)96-52-29(60-17(4)71)38(80)47(25(12-68)93-52)98-55-44(86)48(35(77)26(95-55)13-87-56-49(41(83)33(75)21(8-64)91-56)100-51-28(59-16(3)70)36(78)31(73)19(6-62)89-51)99-57-50(42(84)34(76)22(9-65)92-57)101-53-30(61-18(5)72)39(81)46(24(11-67)94-53)97-54-43(85)40(82)32(74)20(7-63)90-54/h14,19-57,62-68,73-86H,6-13H2,1-5H3,(H,58,69)(H,59,70)(H,60,71)(H,61,72)/t14-,19-,20?,21?,22?,23?,24?,25?,26?,27+,28?,29-,30?,31+,32-,33+,34+,35+,36?,37?,38?,39+,40-,41-,42?,43?,44+,45+,46+,47+,48?,49?,50?,51-,52-,53-,54-,55-,56-,57+/m0/s1. The number of hydrogen-bond acceptors (Lipinski definition) is 40. The zero-order chi connectivity index (χ0) is 74.5. The molecule has 0 bridgehead atoms. The van der Waals surface area contributed by atoms with Gasteiger partial charge in [-0.3, -0.25) is 19.2 Å². The normalized spacial score (nSPS) is 48.3. The molecule has 8 saturated heterocycles. The summed E-state index contributed by atoms with van der Waals surface area (Å²) >= 11 is 0. The van der Waals surface area contributed by atoms with E-state index in [0.29, 0.717) is 0 Å². The van der Waals surface area contributed by atoms with Crippen molar-refractivity contribution in [2.75, 3.05) is 52.9 Å². The van der Waals surface area contributed by atoms with Gasteiger partial charge < -0.3 is 200 Å². The molecule has 0 aromatic rings. The number of nitrogens with one attached hydrogen (secondary N) is 4. The summed E-state index contributed by atoms with van der Waals surface area (Å²) in [5, 5.41) is 242. The van der Waals surface area contributed by atoms with Crippen molar-refractivity contribution in [2.45, 2.75) is 280 Å². The van der Waals surface area contributed by atoms with Crippen molar-refractivity contribution >= 4 is 23.6 Å². The molecule has 8 aliphatic heterocycles. The van der Waals surface area contributed by atoms with Crippen molar-refractivity contribution in [1.29, 1.82) is 0 Å². The van der Waals surface area contributed by atoms with Crippen LogP contribution in [0.15, 0.2) is 0 Å². The molecular formula is C57H96N4O40. The Morgan fingerprint density at radius 2 is 0.554 bits per heavy atom. The predicted molar refractivity (Wildman–Crippen MR) is 314 cm³/mol. The zero-order valence-electron chi connectivity index (χ0n) is 54.9. The maximum absolute atomic E-state index is 12.9. The van der Waals surface area contributed by atoms with Gasteiger partial charge in [-0.1, -0.05) is 0 Å². The van der Waals surface area contributed by atoms with Crippen molar-refractivity contribution in [3.8, 4) is 0 Å². The van der Waals surface area contributed by atoms with Crippen molar-refractivity contribution in [2.24, 2.45) is 0 Å². The summed E-state index contributed by atoms with van der Waals surface area (Å²) in [4.78, 5) is 50.4. The van der Waals surface area contributed by atoms with E-state index in [2.05, 4.69) is 21.3 Å². The van der Waals surface area contributed by atoms with Gasteiger partial charge in [-0.2, -0.15) is 0 Å². The smallest absolute Gasteiger partial charge is 0.217 e. The second-order valence-corrected chi connectivity index (χ2v) is 25.7. The van der Waals surface area contributed by atoms with Crippen LogP contribution >= 0.6 is 0 Å². The van der Waals surface area contributed by atoms with E-state index in [1.165, 1.54) is 6.92 Å². The minimum absolute atomic E-state index is 0.610. The molecule has 40 atom stereocenters. The quantitative estimate of drug-likeness (QED) is 0.0382. The second-order valence-electron chi connectivity index (χ2n) is 25.7. The van der Waals surface area contributed by atoms with Gasteiger partial charge in [0.05, 0.1) is 65.0 Å². The number of amides is 4. The summed E-state index contributed by atoms with van der Waals surface area (Å²) in [6, 6.07) is -6.61. The van der Waals surface area contributed by atoms with E-state index in [-0.39, 0.29) is 0 Å². The molecule has 0 aromatic carbocycles. The molecule has 17 unspecified atom stereocenters. The molecule has 0 aliphatic carbocycles. The molecule has 8 fully saturated rings. The number of aliphatic hydroxyl groups excluding tert-OH is 21. The van der Waals surface area contributed by atoms with Gasteiger partial charge in [-0.15, -0.1) is 0 Å². The van der Waals surface area contributed by atoms with Crippen molar-refractivity contribution in [3.63, 3.8) is 0 Å². The van der Waals surface area contributed by atoms with Crippen LogP contribution < -0.4 is 21.3 Å². The molecule has 8 aliphatic rings. The summed E-state index contributed by atoms with van der Waals surface area (Å²) in [5.74, 6) is -3.23. The fourth-order valence-corrected chi connectivity index (χ4v) is 13.2. The van der Waals surface area contributed by atoms with Crippen LogP contribution in [-0.4, -0.2) is 429 Å². The van der Waals surface area contributed by atoms with E-state index in [9.17, 15) is 126 Å². The Labute approximate surface area is 573 Å². The first-order chi connectivity index (χ1) is 47.8. The van der Waals surface area contributed by atoms with E-state index in [4.69, 9.17) is 71.1 Å². The lowest BCUT2D eigenvalue weighted by atomic mass is 9.92. The lowest BCUT2D eigenvalue weighted by Crippen LogP contribution is -2.71. The molecule has 0 aromatic heterocycles. The Kier molecular flexibility index (Phi) is 29.9. The first-order valence-corrected chi connectivity index (χ1v) is 32.4. The van der Waals surface area contributed by atoms with Crippen LogP contribution in [0.2, 0.25) is 0 Å². The molecule has 44 nitrogen and oxygen atoms in total. The average Bonchev–Trinajstić information content (AvgIpc) is 0.773. The maximum Gasteiger partial charge on any atom is 0.217 e. The van der Waals surface area contributed by atoms with Gasteiger partial charge in [0.2, 0.25) is 23.6 Å². The molecule has 4 amide bonds. The van der Waals surface area contributed by atoms with Crippen LogP contribution in [0.3, 0.4) is 0 Å². The maximum atomic E-state index is 12.9. The number of carbonyl (C=O) groups excluding carboxylic acids is 4. The van der Waals surface area contributed by atoms with Crippen LogP contribution in [0.25, 0.3) is 0 Å². The number of aliphatic hydroxyl groups is 21. The van der Waals surface area contributed by atoms with Crippen LogP contribution in [0, 0.1) is 0 Å². The van der Waals surface area contributed by atoms with Gasteiger partial charge in [0, 0.05) is 27.7 Å². The Balaban J connectivity index is 1.14. The van der Waals surface area contributed by atoms with E-state index >= 15 is 0 Å². The lowest BCUT2D eigenvalue weighted by Gasteiger charge is -2.51. The van der Waals surface area contributed by atoms with Gasteiger partial charge in [-0.25, -0.2) is 0 Å². The highest BCUT2D eigenvalue weighted by atomic mass is 16.8. The Bertz CT molecular complexity index is 2640. The van der Waals surface area contributed by atoms with E-state index in [1.807, 2.05) is 0 Å². The summed E-state index contributed by atoms with van der Waals surface area (Å²) in [7, 11) is 0. The number of carbonyl (C=O) groups is 4. The summed E-state index contributed by atoms with van der Waals surface area (Å²) in [6.45, 7) is -2.66. The highest BCUT2D eigenvalue weighted by Gasteiger charge is 2.60. The SMILES string of the molecule is CC(=O)NC1C(O)[C@H](O)[C@H](CO)O[C@H]1OC1[C@@H](OCC2O[C@@H](O[C@@H]3C(CO)O[C@@H](O[C@@H]4C(CO)O[C@@H](C)[C@@H](NC(C)=O)C4O)[C@@H](NC(C)=O)C3O)[C@H](O)C(O[C@H]3OC(CO)[C@@H](O)C(O)C3O[C@@H]3OC(CO)[C@@H](O[C@@H]4OC(CO)[C@H](O)[C@H](O)C4O)[C@H](O)C3NC(C)=O)[C@@H]2O)OC(CO)[C@@H](O)[C@@H]1O. The molecule has 584 valence electrons. The fourth-order valence-electron chi connectivity index (χ4n) is 13.2. The first kappa shape index (κ1) is 83.1. The third-order valence-corrected chi connectivity index (χ3v) is 18.5. The zero-order valence-corrected chi connectivity index (χ0v) is 54.9. The van der Waals surface area contributed by atoms with Gasteiger partial charge >= 0.3 is 0 Å².